The van der Waals surface area contributed by atoms with Crippen molar-refractivity contribution in [2.24, 2.45) is 5.92 Å². The summed E-state index contributed by atoms with van der Waals surface area (Å²) in [5.41, 5.74) is 0. The highest BCUT2D eigenvalue weighted by atomic mass is 15.3. The zero-order chi connectivity index (χ0) is 12.3. The quantitative estimate of drug-likeness (QED) is 0.736. The van der Waals surface area contributed by atoms with E-state index in [4.69, 9.17) is 0 Å². The minimum Gasteiger partial charge on any atom is -0.306 e. The molecule has 2 rings (SSSR count). The van der Waals surface area contributed by atoms with Gasteiger partial charge < -0.3 is 9.80 Å². The van der Waals surface area contributed by atoms with Crippen LogP contribution in [0.2, 0.25) is 0 Å². The molecule has 3 heteroatoms. The summed E-state index contributed by atoms with van der Waals surface area (Å²) >= 11 is 0. The second-order valence-electron chi connectivity index (χ2n) is 6.26. The second kappa shape index (κ2) is 6.17. The molecule has 3 nitrogen and oxygen atoms in total. The summed E-state index contributed by atoms with van der Waals surface area (Å²) in [5, 5.41) is 0. The van der Waals surface area contributed by atoms with E-state index >= 15 is 0 Å². The Balaban J connectivity index is 1.71. The van der Waals surface area contributed by atoms with Gasteiger partial charge in [0, 0.05) is 38.8 Å². The third kappa shape index (κ3) is 3.94. The molecule has 0 aromatic heterocycles. The monoisotopic (exact) mass is 239 g/mol. The van der Waals surface area contributed by atoms with E-state index in [0.29, 0.717) is 0 Å². The molecule has 17 heavy (non-hydrogen) atoms. The molecule has 0 spiro atoms. The van der Waals surface area contributed by atoms with Crippen molar-refractivity contribution in [3.8, 4) is 0 Å². The van der Waals surface area contributed by atoms with Gasteiger partial charge in [0.2, 0.25) is 0 Å². The summed E-state index contributed by atoms with van der Waals surface area (Å²) < 4.78 is 0. The molecule has 2 aliphatic rings. The van der Waals surface area contributed by atoms with Crippen molar-refractivity contribution in [1.82, 2.24) is 14.7 Å². The molecule has 0 aromatic rings. The maximum Gasteiger partial charge on any atom is 0.0121 e. The van der Waals surface area contributed by atoms with E-state index in [0.717, 1.165) is 12.0 Å². The van der Waals surface area contributed by atoms with Gasteiger partial charge in [-0.1, -0.05) is 13.8 Å². The molecule has 0 aliphatic carbocycles. The van der Waals surface area contributed by atoms with E-state index in [2.05, 4.69) is 35.6 Å². The van der Waals surface area contributed by atoms with Gasteiger partial charge in [0.25, 0.3) is 0 Å². The van der Waals surface area contributed by atoms with Gasteiger partial charge in [-0.25, -0.2) is 0 Å². The summed E-state index contributed by atoms with van der Waals surface area (Å²) in [6, 6.07) is 0.868. The highest BCUT2D eigenvalue weighted by molar-refractivity contribution is 4.82. The van der Waals surface area contributed by atoms with Gasteiger partial charge in [-0.3, -0.25) is 4.90 Å². The third-order valence-electron chi connectivity index (χ3n) is 4.23. The van der Waals surface area contributed by atoms with Crippen LogP contribution in [0.5, 0.6) is 0 Å². The Hall–Kier alpha value is -0.120. The van der Waals surface area contributed by atoms with Crippen molar-refractivity contribution in [3.63, 3.8) is 0 Å². The van der Waals surface area contributed by atoms with Crippen LogP contribution < -0.4 is 0 Å². The van der Waals surface area contributed by atoms with E-state index in [1.54, 1.807) is 0 Å². The van der Waals surface area contributed by atoms with E-state index in [1.807, 2.05) is 0 Å². The van der Waals surface area contributed by atoms with Gasteiger partial charge >= 0.3 is 0 Å². The Morgan fingerprint density at radius 3 is 2.06 bits per heavy atom. The highest BCUT2D eigenvalue weighted by Crippen LogP contribution is 2.17. The molecule has 0 amide bonds. The Bertz CT molecular complexity index is 214. The lowest BCUT2D eigenvalue weighted by Crippen LogP contribution is -2.53. The van der Waals surface area contributed by atoms with Gasteiger partial charge in [-0.05, 0) is 38.9 Å². The molecule has 2 aliphatic heterocycles. The van der Waals surface area contributed by atoms with Gasteiger partial charge in [0.05, 0.1) is 0 Å². The first-order chi connectivity index (χ1) is 8.15. The maximum absolute atomic E-state index is 2.74. The summed E-state index contributed by atoms with van der Waals surface area (Å²) in [4.78, 5) is 7.84. The molecule has 100 valence electrons. The van der Waals surface area contributed by atoms with Crippen LogP contribution in [0.3, 0.4) is 0 Å². The molecule has 0 unspecified atom stereocenters. The normalized spacial score (nSPS) is 26.8. The summed E-state index contributed by atoms with van der Waals surface area (Å²) in [7, 11) is 2.25. The van der Waals surface area contributed by atoms with Crippen LogP contribution in [-0.4, -0.2) is 73.6 Å². The van der Waals surface area contributed by atoms with Gasteiger partial charge in [0.15, 0.2) is 0 Å². The fourth-order valence-corrected chi connectivity index (χ4v) is 3.19. The number of hydrogen-bond acceptors (Lipinski definition) is 3. The lowest BCUT2D eigenvalue weighted by atomic mass is 10.0. The molecule has 0 aromatic carbocycles. The van der Waals surface area contributed by atoms with Gasteiger partial charge in [0.1, 0.15) is 0 Å². The van der Waals surface area contributed by atoms with Crippen LogP contribution in [0, 0.1) is 5.92 Å². The molecule has 2 fully saturated rings. The molecule has 0 bridgehead atoms. The summed E-state index contributed by atoms with van der Waals surface area (Å²) in [5.74, 6) is 0.810. The van der Waals surface area contributed by atoms with Crippen molar-refractivity contribution in [3.05, 3.63) is 0 Å². The van der Waals surface area contributed by atoms with E-state index in [-0.39, 0.29) is 0 Å². The minimum atomic E-state index is 0.810. The lowest BCUT2D eigenvalue weighted by molar-refractivity contribution is 0.0604. The third-order valence-corrected chi connectivity index (χ3v) is 4.23. The fraction of sp³-hybridized carbons (Fsp3) is 1.00. The number of hydrogen-bond donors (Lipinski definition) is 0. The van der Waals surface area contributed by atoms with Crippen LogP contribution >= 0.6 is 0 Å². The number of piperidine rings is 1. The Morgan fingerprint density at radius 1 is 0.941 bits per heavy atom. The van der Waals surface area contributed by atoms with Crippen molar-refractivity contribution in [2.45, 2.75) is 32.7 Å². The average Bonchev–Trinajstić information content (AvgIpc) is 2.30. The lowest BCUT2D eigenvalue weighted by Gasteiger charge is -2.42. The number of nitrogens with zero attached hydrogens (tertiary/aromatic N) is 3. The number of likely N-dealkylation sites (tertiary alicyclic amines) is 1. The average molecular weight is 239 g/mol. The van der Waals surface area contributed by atoms with Crippen molar-refractivity contribution in [2.75, 3.05) is 52.9 Å². The maximum atomic E-state index is 2.74. The van der Waals surface area contributed by atoms with Crippen LogP contribution in [0.4, 0.5) is 0 Å². The van der Waals surface area contributed by atoms with E-state index in [9.17, 15) is 0 Å². The van der Waals surface area contributed by atoms with Gasteiger partial charge in [-0.15, -0.1) is 0 Å². The van der Waals surface area contributed by atoms with Crippen LogP contribution in [0.1, 0.15) is 26.7 Å². The molecular weight excluding hydrogens is 210 g/mol. The molecule has 0 N–H and O–H groups in total. The summed E-state index contributed by atoms with van der Waals surface area (Å²) in [6.45, 7) is 13.7. The predicted octanol–water partition coefficient (Wildman–Crippen LogP) is 1.35. The zero-order valence-electron chi connectivity index (χ0n) is 11.9. The van der Waals surface area contributed by atoms with Gasteiger partial charge in [-0.2, -0.15) is 0 Å². The molecule has 2 saturated heterocycles. The predicted molar refractivity (Wildman–Crippen MR) is 73.4 cm³/mol. The zero-order valence-corrected chi connectivity index (χ0v) is 11.9. The van der Waals surface area contributed by atoms with Crippen LogP contribution in [0.15, 0.2) is 0 Å². The molecule has 0 saturated carbocycles. The highest BCUT2D eigenvalue weighted by Gasteiger charge is 2.26. The fourth-order valence-electron chi connectivity index (χ4n) is 3.19. The van der Waals surface area contributed by atoms with Crippen molar-refractivity contribution >= 4 is 0 Å². The number of piperazine rings is 1. The largest absolute Gasteiger partial charge is 0.306 e. The second-order valence-corrected chi connectivity index (χ2v) is 6.26. The van der Waals surface area contributed by atoms with Crippen LogP contribution in [-0.2, 0) is 0 Å². The SMILES string of the molecule is CC(C)CN1CCN(C2CCN(C)CC2)CC1. The number of rotatable bonds is 3. The smallest absolute Gasteiger partial charge is 0.0121 e. The van der Waals surface area contributed by atoms with E-state index in [1.165, 1.54) is 58.7 Å². The van der Waals surface area contributed by atoms with Crippen molar-refractivity contribution in [1.29, 1.82) is 0 Å². The molecule has 0 radical (unpaired) electrons. The Labute approximate surface area is 107 Å². The minimum absolute atomic E-state index is 0.810. The first-order valence-corrected chi connectivity index (χ1v) is 7.30. The van der Waals surface area contributed by atoms with Crippen molar-refractivity contribution < 1.29 is 0 Å². The topological polar surface area (TPSA) is 9.72 Å². The molecular formula is C14H29N3. The molecule has 0 atom stereocenters. The summed E-state index contributed by atoms with van der Waals surface area (Å²) in [6.07, 6.45) is 2.75. The van der Waals surface area contributed by atoms with E-state index < -0.39 is 0 Å². The Kier molecular flexibility index (Phi) is 4.83. The first kappa shape index (κ1) is 13.3. The van der Waals surface area contributed by atoms with Crippen LogP contribution in [0.25, 0.3) is 0 Å². The standard InChI is InChI=1S/C14H29N3/c1-13(2)12-16-8-10-17(11-9-16)14-4-6-15(3)7-5-14/h13-14H,4-12H2,1-3H3. The molecule has 2 heterocycles. The Morgan fingerprint density at radius 2 is 1.53 bits per heavy atom. The first-order valence-electron chi connectivity index (χ1n) is 7.30.